The summed E-state index contributed by atoms with van der Waals surface area (Å²) >= 11 is 1.64. The van der Waals surface area contributed by atoms with Gasteiger partial charge in [-0.1, -0.05) is 6.92 Å². The van der Waals surface area contributed by atoms with Crippen molar-refractivity contribution < 1.29 is 0 Å². The molecule has 0 radical (unpaired) electrons. The van der Waals surface area contributed by atoms with Gasteiger partial charge in [0.2, 0.25) is 0 Å². The number of rotatable bonds is 4. The zero-order valence-corrected chi connectivity index (χ0v) is 9.24. The van der Waals surface area contributed by atoms with Gasteiger partial charge >= 0.3 is 0 Å². The van der Waals surface area contributed by atoms with Gasteiger partial charge in [-0.2, -0.15) is 0 Å². The van der Waals surface area contributed by atoms with E-state index in [1.807, 2.05) is 0 Å². The van der Waals surface area contributed by atoms with Gasteiger partial charge < -0.3 is 11.1 Å². The van der Waals surface area contributed by atoms with Crippen LogP contribution in [0.4, 0.5) is 5.13 Å². The van der Waals surface area contributed by atoms with Gasteiger partial charge in [0.15, 0.2) is 5.13 Å². The predicted molar refractivity (Wildman–Crippen MR) is 58.2 cm³/mol. The normalized spacial score (nSPS) is 11.7. The number of nitrogens with one attached hydrogen (secondary N) is 1. The van der Waals surface area contributed by atoms with Crippen molar-refractivity contribution in [2.75, 3.05) is 11.9 Å². The van der Waals surface area contributed by atoms with Gasteiger partial charge in [0.25, 0.3) is 0 Å². The maximum atomic E-state index is 5.61. The molecule has 4 heteroatoms. The Hall–Kier alpha value is -0.610. The van der Waals surface area contributed by atoms with E-state index in [0.717, 1.165) is 17.2 Å². The van der Waals surface area contributed by atoms with Crippen molar-refractivity contribution in [1.82, 2.24) is 4.98 Å². The molecule has 0 bridgehead atoms. The van der Waals surface area contributed by atoms with Gasteiger partial charge in [-0.05, 0) is 20.3 Å². The maximum absolute atomic E-state index is 5.61. The van der Waals surface area contributed by atoms with Crippen LogP contribution < -0.4 is 11.1 Å². The Morgan fingerprint density at radius 3 is 2.77 bits per heavy atom. The molecule has 1 heterocycles. The second kappa shape index (κ2) is 4.07. The first-order valence-electron chi connectivity index (χ1n) is 4.50. The molecule has 0 spiro atoms. The molecule has 3 N–H and O–H groups in total. The lowest BCUT2D eigenvalue weighted by Crippen LogP contribution is -2.39. The van der Waals surface area contributed by atoms with Crippen LogP contribution in [0.15, 0.2) is 5.38 Å². The van der Waals surface area contributed by atoms with Crippen molar-refractivity contribution in [3.05, 3.63) is 11.1 Å². The third-order valence-corrected chi connectivity index (χ3v) is 2.68. The number of aromatic nitrogens is 1. The molecule has 0 amide bonds. The van der Waals surface area contributed by atoms with Crippen LogP contribution in [0, 0.1) is 0 Å². The van der Waals surface area contributed by atoms with Crippen LogP contribution >= 0.6 is 11.3 Å². The molecule has 0 aliphatic carbocycles. The molecule has 0 fully saturated rings. The molecule has 74 valence electrons. The summed E-state index contributed by atoms with van der Waals surface area (Å²) in [4.78, 5) is 4.41. The summed E-state index contributed by atoms with van der Waals surface area (Å²) in [5, 5.41) is 6.35. The van der Waals surface area contributed by atoms with E-state index in [1.165, 1.54) is 0 Å². The van der Waals surface area contributed by atoms with Crippen LogP contribution in [-0.4, -0.2) is 17.1 Å². The topological polar surface area (TPSA) is 50.9 Å². The molecule has 0 atom stereocenters. The van der Waals surface area contributed by atoms with Crippen LogP contribution in [0.2, 0.25) is 0 Å². The molecule has 0 aliphatic heterocycles. The van der Waals surface area contributed by atoms with Crippen LogP contribution in [0.3, 0.4) is 0 Å². The molecule has 3 nitrogen and oxygen atoms in total. The molecule has 1 rings (SSSR count). The first-order valence-corrected chi connectivity index (χ1v) is 5.38. The van der Waals surface area contributed by atoms with Gasteiger partial charge in [-0.25, -0.2) is 4.98 Å². The molecule has 0 saturated carbocycles. The Bertz CT molecular complexity index is 268. The average molecular weight is 199 g/mol. The summed E-state index contributed by atoms with van der Waals surface area (Å²) in [7, 11) is 0. The van der Waals surface area contributed by atoms with E-state index >= 15 is 0 Å². The number of hydrogen-bond donors (Lipinski definition) is 2. The maximum Gasteiger partial charge on any atom is 0.183 e. The van der Waals surface area contributed by atoms with Crippen molar-refractivity contribution in [3.8, 4) is 0 Å². The minimum Gasteiger partial charge on any atom is -0.355 e. The molecule has 0 aliphatic rings. The van der Waals surface area contributed by atoms with Crippen molar-refractivity contribution >= 4 is 16.5 Å². The summed E-state index contributed by atoms with van der Waals surface area (Å²) in [6.07, 6.45) is 0.987. The molecule has 0 saturated heterocycles. The van der Waals surface area contributed by atoms with Crippen LogP contribution in [0.1, 0.15) is 26.5 Å². The minimum absolute atomic E-state index is 0.0666. The number of nitrogens with zero attached hydrogens (tertiary/aromatic N) is 1. The fraction of sp³-hybridized carbons (Fsp3) is 0.667. The molecular weight excluding hydrogens is 182 g/mol. The summed E-state index contributed by atoms with van der Waals surface area (Å²) < 4.78 is 0. The van der Waals surface area contributed by atoms with E-state index in [0.29, 0.717) is 6.54 Å². The fourth-order valence-corrected chi connectivity index (χ4v) is 1.84. The van der Waals surface area contributed by atoms with E-state index in [1.54, 1.807) is 11.3 Å². The average Bonchev–Trinajstić information content (AvgIpc) is 2.52. The molecule has 13 heavy (non-hydrogen) atoms. The van der Waals surface area contributed by atoms with Gasteiger partial charge in [0.1, 0.15) is 0 Å². The first kappa shape index (κ1) is 10.5. The molecule has 0 aromatic carbocycles. The Morgan fingerprint density at radius 1 is 1.62 bits per heavy atom. The van der Waals surface area contributed by atoms with E-state index in [9.17, 15) is 0 Å². The molecular formula is C9H17N3S. The van der Waals surface area contributed by atoms with Crippen molar-refractivity contribution in [2.24, 2.45) is 5.73 Å². The fourth-order valence-electron chi connectivity index (χ4n) is 0.867. The number of thiazole rings is 1. The number of hydrogen-bond acceptors (Lipinski definition) is 4. The highest BCUT2D eigenvalue weighted by atomic mass is 32.1. The van der Waals surface area contributed by atoms with Gasteiger partial charge in [-0.3, -0.25) is 0 Å². The molecule has 1 aromatic rings. The van der Waals surface area contributed by atoms with Crippen LogP contribution in [0.25, 0.3) is 0 Å². The summed E-state index contributed by atoms with van der Waals surface area (Å²) in [6, 6.07) is 0. The van der Waals surface area contributed by atoms with E-state index < -0.39 is 0 Å². The monoisotopic (exact) mass is 199 g/mol. The third kappa shape index (κ3) is 2.97. The van der Waals surface area contributed by atoms with Crippen LogP contribution in [0.5, 0.6) is 0 Å². The van der Waals surface area contributed by atoms with E-state index in [2.05, 4.69) is 36.5 Å². The quantitative estimate of drug-likeness (QED) is 0.778. The van der Waals surface area contributed by atoms with Gasteiger partial charge in [0, 0.05) is 17.5 Å². The molecule has 0 unspecified atom stereocenters. The lowest BCUT2D eigenvalue weighted by atomic mass is 10.1. The SMILES string of the molecule is CCc1csc(NC(C)(C)CN)n1. The lowest BCUT2D eigenvalue weighted by molar-refractivity contribution is 0.579. The Labute approximate surface area is 83.4 Å². The van der Waals surface area contributed by atoms with E-state index in [-0.39, 0.29) is 5.54 Å². The zero-order valence-electron chi connectivity index (χ0n) is 8.42. The highest BCUT2D eigenvalue weighted by Crippen LogP contribution is 2.19. The largest absolute Gasteiger partial charge is 0.355 e. The summed E-state index contributed by atoms with van der Waals surface area (Å²) in [5.74, 6) is 0. The lowest BCUT2D eigenvalue weighted by Gasteiger charge is -2.23. The summed E-state index contributed by atoms with van der Waals surface area (Å²) in [5.41, 5.74) is 6.68. The Morgan fingerprint density at radius 2 is 2.31 bits per heavy atom. The number of anilines is 1. The highest BCUT2D eigenvalue weighted by Gasteiger charge is 2.16. The Kier molecular flexibility index (Phi) is 3.27. The number of nitrogens with two attached hydrogens (primary N) is 1. The van der Waals surface area contributed by atoms with Crippen molar-refractivity contribution in [2.45, 2.75) is 32.7 Å². The number of aryl methyl sites for hydroxylation is 1. The second-order valence-electron chi connectivity index (χ2n) is 3.71. The minimum atomic E-state index is -0.0666. The third-order valence-electron chi connectivity index (χ3n) is 1.87. The van der Waals surface area contributed by atoms with Crippen molar-refractivity contribution in [3.63, 3.8) is 0 Å². The van der Waals surface area contributed by atoms with Crippen molar-refractivity contribution in [1.29, 1.82) is 0 Å². The Balaban J connectivity index is 2.63. The highest BCUT2D eigenvalue weighted by molar-refractivity contribution is 7.13. The van der Waals surface area contributed by atoms with Gasteiger partial charge in [0.05, 0.1) is 5.69 Å². The predicted octanol–water partition coefficient (Wildman–Crippen LogP) is 1.85. The smallest absolute Gasteiger partial charge is 0.183 e. The molecule has 1 aromatic heterocycles. The summed E-state index contributed by atoms with van der Waals surface area (Å²) in [6.45, 7) is 6.85. The van der Waals surface area contributed by atoms with E-state index in [4.69, 9.17) is 5.73 Å². The van der Waals surface area contributed by atoms with Crippen LogP contribution in [-0.2, 0) is 6.42 Å². The first-order chi connectivity index (χ1) is 6.07. The second-order valence-corrected chi connectivity index (χ2v) is 4.57. The standard InChI is InChI=1S/C9H17N3S/c1-4-7-5-13-8(11-7)12-9(2,3)6-10/h5H,4,6,10H2,1-3H3,(H,11,12). The van der Waals surface area contributed by atoms with Gasteiger partial charge in [-0.15, -0.1) is 11.3 Å². The zero-order chi connectivity index (χ0) is 9.90.